The third-order valence-electron chi connectivity index (χ3n) is 6.85. The Hall–Kier alpha value is -3.05. The lowest BCUT2D eigenvalue weighted by Crippen LogP contribution is -2.38. The van der Waals surface area contributed by atoms with Crippen molar-refractivity contribution < 1.29 is 17.7 Å². The van der Waals surface area contributed by atoms with Crippen LogP contribution in [0.15, 0.2) is 39.8 Å². The summed E-state index contributed by atoms with van der Waals surface area (Å²) >= 11 is 1.43. The zero-order valence-corrected chi connectivity index (χ0v) is 23.3. The molecule has 0 aliphatic carbocycles. The maximum Gasteiger partial charge on any atom is 0.324 e. The van der Waals surface area contributed by atoms with Crippen LogP contribution in [-0.4, -0.2) is 54.0 Å². The van der Waals surface area contributed by atoms with E-state index >= 15 is 0 Å². The first-order chi connectivity index (χ1) is 17.6. The van der Waals surface area contributed by atoms with Crippen molar-refractivity contribution >= 4 is 37.5 Å². The molecular weight excluding hydrogens is 510 g/mol. The number of aromatic nitrogens is 4. The maximum absolute atomic E-state index is 11.9. The van der Waals surface area contributed by atoms with Crippen molar-refractivity contribution in [2.24, 2.45) is 5.92 Å². The SMILES string of the molecule is Cc1cc(S(C)(=O)=O)ccc1-c1ccc2nc(O[C@H](C)C3CCN(c4nc(C(C)C)no4)CC3)sc2n1. The first-order valence-electron chi connectivity index (χ1n) is 12.4. The van der Waals surface area contributed by atoms with Crippen LogP contribution in [0, 0.1) is 12.8 Å². The molecule has 0 saturated carbocycles. The summed E-state index contributed by atoms with van der Waals surface area (Å²) in [5.74, 6) is 1.38. The van der Waals surface area contributed by atoms with Gasteiger partial charge in [-0.3, -0.25) is 0 Å². The fraction of sp³-hybridized carbons (Fsp3) is 0.462. The molecule has 1 fully saturated rings. The van der Waals surface area contributed by atoms with E-state index in [-0.39, 0.29) is 12.0 Å². The average molecular weight is 542 g/mol. The molecule has 1 aromatic carbocycles. The van der Waals surface area contributed by atoms with Crippen molar-refractivity contribution in [3.8, 4) is 16.5 Å². The van der Waals surface area contributed by atoms with Gasteiger partial charge in [0.1, 0.15) is 16.5 Å². The number of rotatable bonds is 7. The Morgan fingerprint density at radius 1 is 1.08 bits per heavy atom. The molecule has 5 rings (SSSR count). The van der Waals surface area contributed by atoms with Crippen LogP contribution in [0.25, 0.3) is 21.6 Å². The summed E-state index contributed by atoms with van der Waals surface area (Å²) in [7, 11) is -3.25. The number of sulfone groups is 1. The van der Waals surface area contributed by atoms with E-state index in [1.54, 1.807) is 12.1 Å². The molecule has 4 aromatic rings. The minimum atomic E-state index is -3.25. The molecule has 0 N–H and O–H groups in total. The van der Waals surface area contributed by atoms with Crippen molar-refractivity contribution in [1.82, 2.24) is 20.1 Å². The minimum absolute atomic E-state index is 0.0156. The van der Waals surface area contributed by atoms with E-state index in [4.69, 9.17) is 14.2 Å². The lowest BCUT2D eigenvalue weighted by atomic mass is 9.92. The van der Waals surface area contributed by atoms with E-state index in [0.29, 0.717) is 22.0 Å². The predicted molar refractivity (Wildman–Crippen MR) is 144 cm³/mol. The van der Waals surface area contributed by atoms with Crippen LogP contribution in [0.1, 0.15) is 50.9 Å². The molecule has 0 radical (unpaired) electrons. The molecule has 1 atom stereocenters. The normalized spacial score (nSPS) is 16.0. The van der Waals surface area contributed by atoms with Gasteiger partial charge in [0.15, 0.2) is 15.7 Å². The van der Waals surface area contributed by atoms with Crippen molar-refractivity contribution in [2.75, 3.05) is 24.2 Å². The van der Waals surface area contributed by atoms with E-state index < -0.39 is 9.84 Å². The Morgan fingerprint density at radius 2 is 1.84 bits per heavy atom. The number of benzene rings is 1. The molecule has 37 heavy (non-hydrogen) atoms. The molecule has 11 heteroatoms. The third-order valence-corrected chi connectivity index (χ3v) is 8.81. The lowest BCUT2D eigenvalue weighted by Gasteiger charge is -2.33. The second-order valence-electron chi connectivity index (χ2n) is 9.99. The summed E-state index contributed by atoms with van der Waals surface area (Å²) < 4.78 is 35.5. The van der Waals surface area contributed by atoms with E-state index in [9.17, 15) is 8.42 Å². The number of ether oxygens (including phenoxy) is 1. The highest BCUT2D eigenvalue weighted by molar-refractivity contribution is 7.90. The second-order valence-corrected chi connectivity index (χ2v) is 12.9. The van der Waals surface area contributed by atoms with Gasteiger partial charge in [-0.25, -0.2) is 18.4 Å². The van der Waals surface area contributed by atoms with E-state index in [0.717, 1.165) is 58.9 Å². The number of aryl methyl sites for hydroxylation is 1. The van der Waals surface area contributed by atoms with Crippen LogP contribution < -0.4 is 9.64 Å². The van der Waals surface area contributed by atoms with Crippen LogP contribution in [0.5, 0.6) is 5.19 Å². The second kappa shape index (κ2) is 10.0. The number of anilines is 1. The van der Waals surface area contributed by atoms with Gasteiger partial charge in [-0.1, -0.05) is 36.4 Å². The molecule has 0 bridgehead atoms. The Kier molecular flexibility index (Phi) is 6.93. The zero-order valence-electron chi connectivity index (χ0n) is 21.6. The van der Waals surface area contributed by atoms with Gasteiger partial charge in [0.2, 0.25) is 0 Å². The van der Waals surface area contributed by atoms with Crippen LogP contribution in [-0.2, 0) is 9.84 Å². The summed E-state index contributed by atoms with van der Waals surface area (Å²) in [4.78, 5) is 17.2. The van der Waals surface area contributed by atoms with Gasteiger partial charge in [0.25, 0.3) is 5.19 Å². The fourth-order valence-electron chi connectivity index (χ4n) is 4.56. The average Bonchev–Trinajstić information content (AvgIpc) is 3.50. The first-order valence-corrected chi connectivity index (χ1v) is 15.1. The Bertz CT molecular complexity index is 1520. The van der Waals surface area contributed by atoms with Crippen molar-refractivity contribution in [3.63, 3.8) is 0 Å². The van der Waals surface area contributed by atoms with Gasteiger partial charge in [0.05, 0.1) is 10.6 Å². The quantitative estimate of drug-likeness (QED) is 0.309. The lowest BCUT2D eigenvalue weighted by molar-refractivity contribution is 0.131. The largest absolute Gasteiger partial charge is 0.467 e. The van der Waals surface area contributed by atoms with Crippen molar-refractivity contribution in [1.29, 1.82) is 0 Å². The molecule has 196 valence electrons. The number of thiazole rings is 1. The molecule has 0 unspecified atom stereocenters. The van der Waals surface area contributed by atoms with Crippen LogP contribution >= 0.6 is 11.3 Å². The number of hydrogen-bond acceptors (Lipinski definition) is 10. The molecule has 1 aliphatic heterocycles. The maximum atomic E-state index is 11.9. The van der Waals surface area contributed by atoms with Crippen molar-refractivity contribution in [3.05, 3.63) is 41.7 Å². The van der Waals surface area contributed by atoms with Gasteiger partial charge in [-0.05, 0) is 62.4 Å². The molecule has 0 amide bonds. The van der Waals surface area contributed by atoms with Gasteiger partial charge < -0.3 is 14.2 Å². The van der Waals surface area contributed by atoms with Gasteiger partial charge >= 0.3 is 6.01 Å². The number of nitrogens with zero attached hydrogens (tertiary/aromatic N) is 5. The predicted octanol–water partition coefficient (Wildman–Crippen LogP) is 5.26. The standard InChI is InChI=1S/C26H31N5O4S2/c1-15(2)23-29-25(35-30-23)31-12-10-18(11-13-31)17(4)34-26-28-22-9-8-21(27-24(22)36-26)20-7-6-19(14-16(20)3)37(5,32)33/h6-9,14-15,17-18H,10-13H2,1-5H3/t17-/m1/s1. The number of fused-ring (bicyclic) bond motifs is 1. The van der Waals surface area contributed by atoms with E-state index in [1.165, 1.54) is 17.6 Å². The van der Waals surface area contributed by atoms with Crippen LogP contribution in [0.4, 0.5) is 6.01 Å². The summed E-state index contributed by atoms with van der Waals surface area (Å²) in [5, 5.41) is 4.68. The van der Waals surface area contributed by atoms with Gasteiger partial charge in [-0.15, -0.1) is 0 Å². The summed E-state index contributed by atoms with van der Waals surface area (Å²) in [6.07, 6.45) is 3.17. The summed E-state index contributed by atoms with van der Waals surface area (Å²) in [5.41, 5.74) is 3.32. The van der Waals surface area contributed by atoms with Crippen LogP contribution in [0.2, 0.25) is 0 Å². The van der Waals surface area contributed by atoms with Gasteiger partial charge in [-0.2, -0.15) is 4.98 Å². The van der Waals surface area contributed by atoms with Gasteiger partial charge in [0, 0.05) is 30.8 Å². The molecule has 9 nitrogen and oxygen atoms in total. The molecule has 3 aromatic heterocycles. The topological polar surface area (TPSA) is 111 Å². The monoisotopic (exact) mass is 541 g/mol. The third kappa shape index (κ3) is 5.47. The number of hydrogen-bond donors (Lipinski definition) is 0. The van der Waals surface area contributed by atoms with Crippen LogP contribution in [0.3, 0.4) is 0 Å². The highest BCUT2D eigenvalue weighted by atomic mass is 32.2. The number of piperidine rings is 1. The van der Waals surface area contributed by atoms with E-state index in [2.05, 4.69) is 40.8 Å². The Balaban J connectivity index is 1.25. The highest BCUT2D eigenvalue weighted by Gasteiger charge is 2.28. The number of pyridine rings is 1. The molecule has 4 heterocycles. The molecular formula is C26H31N5O4S2. The van der Waals surface area contributed by atoms with Crippen molar-refractivity contribution in [2.45, 2.75) is 57.5 Å². The molecule has 1 saturated heterocycles. The Labute approximate surface area is 220 Å². The molecule has 0 spiro atoms. The minimum Gasteiger partial charge on any atom is -0.467 e. The Morgan fingerprint density at radius 3 is 2.49 bits per heavy atom. The fourth-order valence-corrected chi connectivity index (χ4v) is 6.13. The molecule has 1 aliphatic rings. The summed E-state index contributed by atoms with van der Waals surface area (Å²) in [6, 6.07) is 9.57. The zero-order chi connectivity index (χ0) is 26.3. The summed E-state index contributed by atoms with van der Waals surface area (Å²) in [6.45, 7) is 9.79. The van der Waals surface area contributed by atoms with E-state index in [1.807, 2.05) is 25.1 Å². The smallest absolute Gasteiger partial charge is 0.324 e. The first kappa shape index (κ1) is 25.6. The highest BCUT2D eigenvalue weighted by Crippen LogP contribution is 2.33.